The number of anilines is 1. The summed E-state index contributed by atoms with van der Waals surface area (Å²) < 4.78 is 1.71. The number of aromatic nitrogens is 2. The van der Waals surface area contributed by atoms with Gasteiger partial charge in [-0.1, -0.05) is 27.2 Å². The number of nitrogens with one attached hydrogen (secondary N) is 1. The van der Waals surface area contributed by atoms with Crippen LogP contribution in [0, 0.1) is 0 Å². The Bertz CT molecular complexity index is 421. The fourth-order valence-corrected chi connectivity index (χ4v) is 1.93. The molecule has 1 atom stereocenters. The SMILES string of the molecule is CCCC(C)(N)C(=O)Nc1cn(C)nc1C(C)C. The van der Waals surface area contributed by atoms with Gasteiger partial charge in [-0.15, -0.1) is 0 Å². The van der Waals surface area contributed by atoms with Crippen LogP contribution < -0.4 is 11.1 Å². The lowest BCUT2D eigenvalue weighted by molar-refractivity contribution is -0.120. The van der Waals surface area contributed by atoms with Crippen LogP contribution in [0.3, 0.4) is 0 Å². The van der Waals surface area contributed by atoms with Crippen molar-refractivity contribution < 1.29 is 4.79 Å². The second kappa shape index (κ2) is 5.52. The summed E-state index contributed by atoms with van der Waals surface area (Å²) in [6.45, 7) is 7.87. The lowest BCUT2D eigenvalue weighted by Crippen LogP contribution is -2.48. The smallest absolute Gasteiger partial charge is 0.244 e. The molecule has 0 aliphatic heterocycles. The number of nitrogens with zero attached hydrogens (tertiary/aromatic N) is 2. The molecule has 1 aromatic heterocycles. The Kier molecular flexibility index (Phi) is 4.51. The van der Waals surface area contributed by atoms with Crippen LogP contribution in [-0.4, -0.2) is 21.2 Å². The van der Waals surface area contributed by atoms with Gasteiger partial charge in [-0.25, -0.2) is 0 Å². The number of amides is 1. The molecule has 0 aliphatic carbocycles. The van der Waals surface area contributed by atoms with E-state index < -0.39 is 5.54 Å². The number of aryl methyl sites for hydroxylation is 1. The number of nitrogens with two attached hydrogens (primary N) is 1. The van der Waals surface area contributed by atoms with Crippen LogP contribution in [0.4, 0.5) is 5.69 Å². The number of hydrogen-bond acceptors (Lipinski definition) is 3. The average Bonchev–Trinajstić information content (AvgIpc) is 2.59. The van der Waals surface area contributed by atoms with Gasteiger partial charge in [0.15, 0.2) is 0 Å². The first-order valence-electron chi connectivity index (χ1n) is 6.41. The van der Waals surface area contributed by atoms with E-state index in [0.717, 1.165) is 17.8 Å². The van der Waals surface area contributed by atoms with E-state index in [1.54, 1.807) is 11.6 Å². The van der Waals surface area contributed by atoms with Crippen molar-refractivity contribution in [1.29, 1.82) is 0 Å². The molecule has 1 aromatic rings. The van der Waals surface area contributed by atoms with Gasteiger partial charge in [0.1, 0.15) is 0 Å². The van der Waals surface area contributed by atoms with Crippen molar-refractivity contribution in [1.82, 2.24) is 9.78 Å². The molecule has 0 spiro atoms. The highest BCUT2D eigenvalue weighted by atomic mass is 16.2. The van der Waals surface area contributed by atoms with Crippen LogP contribution in [0.5, 0.6) is 0 Å². The van der Waals surface area contributed by atoms with Gasteiger partial charge < -0.3 is 11.1 Å². The first kappa shape index (κ1) is 14.7. The van der Waals surface area contributed by atoms with E-state index in [-0.39, 0.29) is 11.8 Å². The number of hydrogen-bond donors (Lipinski definition) is 2. The topological polar surface area (TPSA) is 72.9 Å². The highest BCUT2D eigenvalue weighted by Gasteiger charge is 2.28. The summed E-state index contributed by atoms with van der Waals surface area (Å²) in [6, 6.07) is 0. The molecule has 0 radical (unpaired) electrons. The summed E-state index contributed by atoms with van der Waals surface area (Å²) in [5.74, 6) is 0.107. The van der Waals surface area contributed by atoms with E-state index in [1.165, 1.54) is 0 Å². The summed E-state index contributed by atoms with van der Waals surface area (Å²) in [5, 5.41) is 7.24. The van der Waals surface area contributed by atoms with Crippen LogP contribution in [0.1, 0.15) is 52.1 Å². The fourth-order valence-electron chi connectivity index (χ4n) is 1.93. The fraction of sp³-hybridized carbons (Fsp3) is 0.692. The van der Waals surface area contributed by atoms with Crippen molar-refractivity contribution in [2.24, 2.45) is 12.8 Å². The maximum Gasteiger partial charge on any atom is 0.244 e. The standard InChI is InChI=1S/C13H24N4O/c1-6-7-13(4,14)12(18)15-10-8-17(5)16-11(10)9(2)3/h8-9H,6-7,14H2,1-5H3,(H,15,18). The zero-order valence-electron chi connectivity index (χ0n) is 11.9. The Hall–Kier alpha value is -1.36. The summed E-state index contributed by atoms with van der Waals surface area (Å²) in [4.78, 5) is 12.1. The molecule has 0 saturated heterocycles. The Labute approximate surface area is 109 Å². The Morgan fingerprint density at radius 2 is 2.22 bits per heavy atom. The minimum absolute atomic E-state index is 0.153. The zero-order valence-corrected chi connectivity index (χ0v) is 11.9. The van der Waals surface area contributed by atoms with Gasteiger partial charge in [-0.2, -0.15) is 5.10 Å². The van der Waals surface area contributed by atoms with Gasteiger partial charge in [-0.3, -0.25) is 9.48 Å². The van der Waals surface area contributed by atoms with E-state index in [0.29, 0.717) is 6.42 Å². The highest BCUT2D eigenvalue weighted by Crippen LogP contribution is 2.23. The monoisotopic (exact) mass is 252 g/mol. The molecule has 5 nitrogen and oxygen atoms in total. The van der Waals surface area contributed by atoms with Gasteiger partial charge in [0.2, 0.25) is 5.91 Å². The predicted octanol–water partition coefficient (Wildman–Crippen LogP) is 2.00. The number of rotatable bonds is 5. The van der Waals surface area contributed by atoms with Gasteiger partial charge in [0.05, 0.1) is 16.9 Å². The van der Waals surface area contributed by atoms with Crippen molar-refractivity contribution in [3.8, 4) is 0 Å². The van der Waals surface area contributed by atoms with E-state index in [1.807, 2.05) is 34.0 Å². The van der Waals surface area contributed by atoms with E-state index in [9.17, 15) is 4.79 Å². The minimum atomic E-state index is -0.834. The third-order valence-corrected chi connectivity index (χ3v) is 2.94. The van der Waals surface area contributed by atoms with Crippen LogP contribution in [0.2, 0.25) is 0 Å². The maximum absolute atomic E-state index is 12.1. The molecule has 0 saturated carbocycles. The summed E-state index contributed by atoms with van der Waals surface area (Å²) >= 11 is 0. The molecule has 102 valence electrons. The second-order valence-electron chi connectivity index (χ2n) is 5.38. The second-order valence-corrected chi connectivity index (χ2v) is 5.38. The van der Waals surface area contributed by atoms with Crippen LogP contribution in [0.15, 0.2) is 6.20 Å². The lowest BCUT2D eigenvalue weighted by atomic mass is 9.96. The molecule has 0 aliphatic rings. The Morgan fingerprint density at radius 1 is 1.61 bits per heavy atom. The molecule has 1 rings (SSSR count). The maximum atomic E-state index is 12.1. The van der Waals surface area contributed by atoms with Crippen LogP contribution in [-0.2, 0) is 11.8 Å². The summed E-state index contributed by atoms with van der Waals surface area (Å²) in [6.07, 6.45) is 3.36. The van der Waals surface area contributed by atoms with Gasteiger partial charge in [-0.05, 0) is 19.3 Å². The number of carbonyl (C=O) groups excluding carboxylic acids is 1. The zero-order chi connectivity index (χ0) is 13.9. The highest BCUT2D eigenvalue weighted by molar-refractivity contribution is 5.98. The molecule has 1 amide bonds. The molecule has 5 heteroatoms. The molecule has 0 bridgehead atoms. The largest absolute Gasteiger partial charge is 0.322 e. The molecular weight excluding hydrogens is 228 g/mol. The van der Waals surface area contributed by atoms with Crippen molar-refractivity contribution in [2.75, 3.05) is 5.32 Å². The summed E-state index contributed by atoms with van der Waals surface area (Å²) in [5.41, 5.74) is 6.82. The normalized spacial score (nSPS) is 14.6. The molecular formula is C13H24N4O. The van der Waals surface area contributed by atoms with Crippen molar-refractivity contribution in [3.05, 3.63) is 11.9 Å². The molecule has 0 aromatic carbocycles. The third-order valence-electron chi connectivity index (χ3n) is 2.94. The van der Waals surface area contributed by atoms with Gasteiger partial charge in [0.25, 0.3) is 0 Å². The first-order chi connectivity index (χ1) is 8.27. The van der Waals surface area contributed by atoms with E-state index in [4.69, 9.17) is 5.73 Å². The van der Waals surface area contributed by atoms with Crippen molar-refractivity contribution in [2.45, 2.75) is 52.0 Å². The average molecular weight is 252 g/mol. The van der Waals surface area contributed by atoms with Crippen LogP contribution in [0.25, 0.3) is 0 Å². The van der Waals surface area contributed by atoms with Crippen molar-refractivity contribution >= 4 is 11.6 Å². The molecule has 0 fully saturated rings. The minimum Gasteiger partial charge on any atom is -0.322 e. The van der Waals surface area contributed by atoms with Gasteiger partial charge in [0, 0.05) is 13.2 Å². The van der Waals surface area contributed by atoms with Crippen LogP contribution >= 0.6 is 0 Å². The van der Waals surface area contributed by atoms with Crippen molar-refractivity contribution in [3.63, 3.8) is 0 Å². The third kappa shape index (κ3) is 3.32. The molecule has 1 heterocycles. The van der Waals surface area contributed by atoms with E-state index in [2.05, 4.69) is 10.4 Å². The lowest BCUT2D eigenvalue weighted by Gasteiger charge is -2.22. The van der Waals surface area contributed by atoms with E-state index >= 15 is 0 Å². The van der Waals surface area contributed by atoms with Gasteiger partial charge >= 0.3 is 0 Å². The number of carbonyl (C=O) groups is 1. The Balaban J connectivity index is 2.88. The molecule has 3 N–H and O–H groups in total. The quantitative estimate of drug-likeness (QED) is 0.841. The first-order valence-corrected chi connectivity index (χ1v) is 6.41. The predicted molar refractivity (Wildman–Crippen MR) is 73.4 cm³/mol. The molecule has 18 heavy (non-hydrogen) atoms. The summed E-state index contributed by atoms with van der Waals surface area (Å²) in [7, 11) is 1.84. The molecule has 1 unspecified atom stereocenters. The Morgan fingerprint density at radius 3 is 2.72 bits per heavy atom.